The van der Waals surface area contributed by atoms with Crippen molar-refractivity contribution in [2.75, 3.05) is 5.73 Å². The number of carbonyl (C=O) groups is 3. The van der Waals surface area contributed by atoms with E-state index in [1.807, 2.05) is 6.07 Å². The molecule has 25 heavy (non-hydrogen) atoms. The van der Waals surface area contributed by atoms with Crippen LogP contribution in [0.3, 0.4) is 0 Å². The normalized spacial score (nSPS) is 12.5. The Morgan fingerprint density at radius 2 is 1.28 bits per heavy atom. The molecule has 0 heterocycles. The van der Waals surface area contributed by atoms with Gasteiger partial charge in [-0.25, -0.2) is 0 Å². The highest BCUT2D eigenvalue weighted by molar-refractivity contribution is 6.31. The Kier molecular flexibility index (Phi) is 3.32. The molecular weight excluding hydrogens is 314 g/mol. The topological polar surface area (TPSA) is 77.2 Å². The third-order valence-electron chi connectivity index (χ3n) is 4.41. The van der Waals surface area contributed by atoms with Gasteiger partial charge in [-0.3, -0.25) is 14.4 Å². The number of rotatable bonds is 2. The molecule has 1 aliphatic carbocycles. The number of hydrogen-bond donors (Lipinski definition) is 1. The van der Waals surface area contributed by atoms with Crippen molar-refractivity contribution in [3.05, 3.63) is 100 Å². The van der Waals surface area contributed by atoms with Crippen LogP contribution < -0.4 is 5.73 Å². The highest BCUT2D eigenvalue weighted by Crippen LogP contribution is 2.33. The largest absolute Gasteiger partial charge is 0.398 e. The van der Waals surface area contributed by atoms with Gasteiger partial charge in [0.1, 0.15) is 0 Å². The summed E-state index contributed by atoms with van der Waals surface area (Å²) in [5, 5.41) is 0. The number of fused-ring (bicyclic) bond motifs is 2. The van der Waals surface area contributed by atoms with Crippen molar-refractivity contribution in [2.24, 2.45) is 0 Å². The van der Waals surface area contributed by atoms with E-state index < -0.39 is 0 Å². The molecule has 4 heteroatoms. The quantitative estimate of drug-likeness (QED) is 0.453. The molecule has 4 rings (SSSR count). The van der Waals surface area contributed by atoms with Crippen molar-refractivity contribution >= 4 is 23.0 Å². The summed E-state index contributed by atoms with van der Waals surface area (Å²) in [6.45, 7) is 0. The minimum Gasteiger partial charge on any atom is -0.398 e. The van der Waals surface area contributed by atoms with Crippen LogP contribution in [0.4, 0.5) is 5.69 Å². The lowest BCUT2D eigenvalue weighted by Crippen LogP contribution is -2.23. The van der Waals surface area contributed by atoms with Gasteiger partial charge in [-0.1, -0.05) is 54.6 Å². The maximum absolute atomic E-state index is 12.8. The Morgan fingerprint density at radius 3 is 1.96 bits per heavy atom. The van der Waals surface area contributed by atoms with E-state index in [-0.39, 0.29) is 39.7 Å². The van der Waals surface area contributed by atoms with Crippen LogP contribution in [0.25, 0.3) is 0 Å². The molecular formula is C21H13NO3. The molecule has 0 fully saturated rings. The Labute approximate surface area is 143 Å². The van der Waals surface area contributed by atoms with Crippen LogP contribution in [-0.4, -0.2) is 17.3 Å². The van der Waals surface area contributed by atoms with Gasteiger partial charge in [0, 0.05) is 27.8 Å². The molecule has 0 saturated carbocycles. The zero-order chi connectivity index (χ0) is 17.6. The average molecular weight is 327 g/mol. The first-order chi connectivity index (χ1) is 12.1. The molecule has 120 valence electrons. The molecule has 0 unspecified atom stereocenters. The Morgan fingerprint density at radius 1 is 0.680 bits per heavy atom. The number of hydrogen-bond acceptors (Lipinski definition) is 4. The second-order valence-electron chi connectivity index (χ2n) is 5.85. The molecule has 0 bridgehead atoms. The lowest BCUT2D eigenvalue weighted by Gasteiger charge is -2.20. The van der Waals surface area contributed by atoms with Crippen LogP contribution in [0.5, 0.6) is 0 Å². The fourth-order valence-electron chi connectivity index (χ4n) is 3.16. The monoisotopic (exact) mass is 327 g/mol. The number of nitrogens with two attached hydrogens (primary N) is 1. The van der Waals surface area contributed by atoms with Crippen molar-refractivity contribution in [1.82, 2.24) is 0 Å². The van der Waals surface area contributed by atoms with Gasteiger partial charge in [-0.2, -0.15) is 0 Å². The van der Waals surface area contributed by atoms with Gasteiger partial charge in [0.05, 0.1) is 11.3 Å². The molecule has 4 nitrogen and oxygen atoms in total. The summed E-state index contributed by atoms with van der Waals surface area (Å²) in [6, 6.07) is 18.4. The summed E-state index contributed by atoms with van der Waals surface area (Å²) in [5.74, 6) is -0.860. The van der Waals surface area contributed by atoms with Crippen LogP contribution in [0.2, 0.25) is 0 Å². The van der Waals surface area contributed by atoms with E-state index in [1.165, 1.54) is 12.1 Å². The highest BCUT2D eigenvalue weighted by atomic mass is 16.1. The van der Waals surface area contributed by atoms with Crippen molar-refractivity contribution < 1.29 is 14.4 Å². The van der Waals surface area contributed by atoms with Gasteiger partial charge in [0.15, 0.2) is 17.3 Å². The van der Waals surface area contributed by atoms with Gasteiger partial charge in [-0.15, -0.1) is 0 Å². The fraction of sp³-hybridized carbons (Fsp3) is 0. The second-order valence-corrected chi connectivity index (χ2v) is 5.85. The van der Waals surface area contributed by atoms with Gasteiger partial charge in [-0.05, 0) is 12.1 Å². The molecule has 3 aromatic carbocycles. The first kappa shape index (κ1) is 15.0. The number of nitrogen functional groups attached to an aromatic ring is 1. The minimum atomic E-state index is -0.328. The van der Waals surface area contributed by atoms with Crippen molar-refractivity contribution in [2.45, 2.75) is 0 Å². The zero-order valence-electron chi connectivity index (χ0n) is 13.2. The molecule has 0 aliphatic heterocycles. The predicted molar refractivity (Wildman–Crippen MR) is 94.0 cm³/mol. The minimum absolute atomic E-state index is 0.0548. The van der Waals surface area contributed by atoms with Crippen LogP contribution in [0.15, 0.2) is 66.7 Å². The average Bonchev–Trinajstić information content (AvgIpc) is 2.66. The lowest BCUT2D eigenvalue weighted by atomic mass is 9.81. The molecule has 3 aromatic rings. The van der Waals surface area contributed by atoms with Gasteiger partial charge < -0.3 is 5.73 Å². The Hall–Kier alpha value is -3.53. The van der Waals surface area contributed by atoms with E-state index in [1.54, 1.807) is 48.5 Å². The molecule has 2 N–H and O–H groups in total. The van der Waals surface area contributed by atoms with Crippen LogP contribution in [-0.2, 0) is 0 Å². The summed E-state index contributed by atoms with van der Waals surface area (Å²) in [4.78, 5) is 38.2. The molecule has 0 spiro atoms. The van der Waals surface area contributed by atoms with E-state index >= 15 is 0 Å². The highest BCUT2D eigenvalue weighted by Gasteiger charge is 2.32. The first-order valence-electron chi connectivity index (χ1n) is 7.80. The van der Waals surface area contributed by atoms with E-state index in [0.717, 1.165) is 0 Å². The number of carbonyl (C=O) groups excluding carboxylic acids is 3. The summed E-state index contributed by atoms with van der Waals surface area (Å²) in [5.41, 5.74) is 7.95. The van der Waals surface area contributed by atoms with Crippen LogP contribution in [0.1, 0.15) is 47.8 Å². The van der Waals surface area contributed by atoms with Crippen LogP contribution in [0, 0.1) is 0 Å². The zero-order valence-corrected chi connectivity index (χ0v) is 13.2. The van der Waals surface area contributed by atoms with Gasteiger partial charge in [0.25, 0.3) is 0 Å². The SMILES string of the molecule is Nc1c(C(=O)c2ccccc2)ccc2c1C(=O)c1ccccc1C2=O. The Bertz CT molecular complexity index is 1050. The number of benzene rings is 3. The first-order valence-corrected chi connectivity index (χ1v) is 7.80. The Balaban J connectivity index is 1.90. The van der Waals surface area contributed by atoms with Crippen LogP contribution >= 0.6 is 0 Å². The fourth-order valence-corrected chi connectivity index (χ4v) is 3.16. The molecule has 0 atom stereocenters. The maximum Gasteiger partial charge on any atom is 0.196 e. The van der Waals surface area contributed by atoms with E-state index in [9.17, 15) is 14.4 Å². The number of ketones is 3. The molecule has 0 saturated heterocycles. The lowest BCUT2D eigenvalue weighted by molar-refractivity contribution is 0.0979. The van der Waals surface area contributed by atoms with Crippen molar-refractivity contribution in [1.29, 1.82) is 0 Å². The maximum atomic E-state index is 12.8. The predicted octanol–water partition coefficient (Wildman–Crippen LogP) is 3.28. The van der Waals surface area contributed by atoms with Crippen molar-refractivity contribution in [3.8, 4) is 0 Å². The standard InChI is InChI=1S/C21H13NO3/c22-18-16(19(23)12-6-2-1-3-7-12)11-10-15-17(18)21(25)14-9-5-4-8-13(14)20(15)24/h1-11H,22H2. The molecule has 1 aliphatic rings. The second kappa shape index (κ2) is 5.53. The summed E-state index contributed by atoms with van der Waals surface area (Å²) < 4.78 is 0. The van der Waals surface area contributed by atoms with Gasteiger partial charge >= 0.3 is 0 Å². The van der Waals surface area contributed by atoms with E-state index in [2.05, 4.69) is 0 Å². The van der Waals surface area contributed by atoms with Crippen molar-refractivity contribution in [3.63, 3.8) is 0 Å². The summed E-state index contributed by atoms with van der Waals surface area (Å²) >= 11 is 0. The smallest absolute Gasteiger partial charge is 0.196 e. The number of anilines is 1. The summed E-state index contributed by atoms with van der Waals surface area (Å²) in [6.07, 6.45) is 0. The molecule has 0 aromatic heterocycles. The third-order valence-corrected chi connectivity index (χ3v) is 4.41. The molecule has 0 radical (unpaired) electrons. The third kappa shape index (κ3) is 2.19. The summed E-state index contributed by atoms with van der Waals surface area (Å²) in [7, 11) is 0. The van der Waals surface area contributed by atoms with Gasteiger partial charge in [0.2, 0.25) is 0 Å². The van der Waals surface area contributed by atoms with E-state index in [4.69, 9.17) is 5.73 Å². The molecule has 0 amide bonds. The van der Waals surface area contributed by atoms with E-state index in [0.29, 0.717) is 16.7 Å².